The molecular formula is C29H22N2O. The zero-order chi connectivity index (χ0) is 21.8. The molecule has 5 rings (SSSR count). The molecule has 0 aliphatic rings. The largest absolute Gasteiger partial charge is 0.454 e. The third-order valence-corrected chi connectivity index (χ3v) is 5.26. The third kappa shape index (κ3) is 4.14. The van der Waals surface area contributed by atoms with Crippen LogP contribution in [-0.2, 0) is 0 Å². The Bertz CT molecular complexity index is 1340. The lowest BCUT2D eigenvalue weighted by atomic mass is 9.99. The molecule has 0 atom stereocenters. The molecule has 3 aromatic carbocycles. The Hall–Kier alpha value is -4.24. The minimum absolute atomic E-state index is 0.645. The standard InChI is InChI=1S/C29H22N2O/c1-21-17-18-27(30-20-21)31-28(24-15-9-4-10-16-24)29-25(22-11-5-2-6-12-22)19-26(32-29)23-13-7-3-8-14-23/h2-20H,1H3. The van der Waals surface area contributed by atoms with E-state index in [0.717, 1.165) is 45.0 Å². The number of aromatic nitrogens is 1. The van der Waals surface area contributed by atoms with Gasteiger partial charge >= 0.3 is 0 Å². The van der Waals surface area contributed by atoms with E-state index in [1.54, 1.807) is 0 Å². The number of benzene rings is 3. The molecule has 0 amide bonds. The molecule has 0 radical (unpaired) electrons. The maximum atomic E-state index is 6.51. The topological polar surface area (TPSA) is 38.4 Å². The Balaban J connectivity index is 1.75. The zero-order valence-corrected chi connectivity index (χ0v) is 17.8. The van der Waals surface area contributed by atoms with Crippen molar-refractivity contribution in [2.45, 2.75) is 6.92 Å². The summed E-state index contributed by atoms with van der Waals surface area (Å²) >= 11 is 0. The first-order valence-electron chi connectivity index (χ1n) is 10.6. The summed E-state index contributed by atoms with van der Waals surface area (Å²) < 4.78 is 6.51. The highest BCUT2D eigenvalue weighted by atomic mass is 16.3. The van der Waals surface area contributed by atoms with E-state index in [1.807, 2.05) is 92.0 Å². The van der Waals surface area contributed by atoms with Gasteiger partial charge in [-0.15, -0.1) is 0 Å². The van der Waals surface area contributed by atoms with Gasteiger partial charge in [0.15, 0.2) is 11.6 Å². The van der Waals surface area contributed by atoms with Crippen LogP contribution in [-0.4, -0.2) is 10.7 Å². The number of hydrogen-bond donors (Lipinski definition) is 0. The van der Waals surface area contributed by atoms with E-state index in [-0.39, 0.29) is 0 Å². The van der Waals surface area contributed by atoms with E-state index in [4.69, 9.17) is 9.41 Å². The fourth-order valence-corrected chi connectivity index (χ4v) is 3.63. The van der Waals surface area contributed by atoms with E-state index < -0.39 is 0 Å². The molecule has 0 bridgehead atoms. The molecule has 0 spiro atoms. The molecule has 32 heavy (non-hydrogen) atoms. The van der Waals surface area contributed by atoms with Gasteiger partial charge in [-0.05, 0) is 30.2 Å². The average molecular weight is 415 g/mol. The lowest BCUT2D eigenvalue weighted by molar-refractivity contribution is 0.573. The maximum Gasteiger partial charge on any atom is 0.161 e. The molecule has 0 saturated carbocycles. The molecule has 154 valence electrons. The number of rotatable bonds is 5. The van der Waals surface area contributed by atoms with Crippen LogP contribution < -0.4 is 0 Å². The Morgan fingerprint density at radius 1 is 0.719 bits per heavy atom. The molecule has 3 heteroatoms. The molecule has 0 N–H and O–H groups in total. The van der Waals surface area contributed by atoms with Gasteiger partial charge in [-0.25, -0.2) is 9.98 Å². The van der Waals surface area contributed by atoms with Gasteiger partial charge in [0.05, 0.1) is 0 Å². The van der Waals surface area contributed by atoms with Crippen molar-refractivity contribution >= 4 is 11.5 Å². The van der Waals surface area contributed by atoms with E-state index >= 15 is 0 Å². The van der Waals surface area contributed by atoms with Gasteiger partial charge in [0.25, 0.3) is 0 Å². The van der Waals surface area contributed by atoms with Gasteiger partial charge in [-0.1, -0.05) is 97.1 Å². The number of furan rings is 1. The fraction of sp³-hybridized carbons (Fsp3) is 0.0345. The van der Waals surface area contributed by atoms with Crippen LogP contribution >= 0.6 is 0 Å². The van der Waals surface area contributed by atoms with Crippen LogP contribution in [0.2, 0.25) is 0 Å². The molecule has 0 unspecified atom stereocenters. The molecule has 0 aliphatic carbocycles. The van der Waals surface area contributed by atoms with Crippen molar-refractivity contribution in [2.24, 2.45) is 4.99 Å². The molecule has 5 aromatic rings. The Kier molecular flexibility index (Phi) is 5.46. The Morgan fingerprint density at radius 3 is 1.97 bits per heavy atom. The van der Waals surface area contributed by atoms with Crippen molar-refractivity contribution in [1.82, 2.24) is 4.98 Å². The number of hydrogen-bond acceptors (Lipinski definition) is 3. The highest BCUT2D eigenvalue weighted by molar-refractivity contribution is 6.15. The van der Waals surface area contributed by atoms with E-state index in [2.05, 4.69) is 35.3 Å². The molecule has 2 heterocycles. The van der Waals surface area contributed by atoms with Crippen LogP contribution in [0.4, 0.5) is 5.82 Å². The third-order valence-electron chi connectivity index (χ3n) is 5.26. The summed E-state index contributed by atoms with van der Waals surface area (Å²) in [5.41, 5.74) is 5.92. The highest BCUT2D eigenvalue weighted by Gasteiger charge is 2.20. The summed E-state index contributed by atoms with van der Waals surface area (Å²) in [7, 11) is 0. The lowest BCUT2D eigenvalue weighted by Gasteiger charge is -2.08. The van der Waals surface area contributed by atoms with Crippen LogP contribution in [0.1, 0.15) is 16.9 Å². The lowest BCUT2D eigenvalue weighted by Crippen LogP contribution is -2.03. The summed E-state index contributed by atoms with van der Waals surface area (Å²) in [4.78, 5) is 9.45. The fourth-order valence-electron chi connectivity index (χ4n) is 3.63. The molecule has 0 fully saturated rings. The maximum absolute atomic E-state index is 6.51. The first-order valence-corrected chi connectivity index (χ1v) is 10.6. The van der Waals surface area contributed by atoms with Crippen LogP contribution in [0.25, 0.3) is 22.5 Å². The summed E-state index contributed by atoms with van der Waals surface area (Å²) in [5.74, 6) is 2.18. The molecular weight excluding hydrogens is 392 g/mol. The summed E-state index contributed by atoms with van der Waals surface area (Å²) in [6.45, 7) is 2.02. The number of aryl methyl sites for hydroxylation is 1. The van der Waals surface area contributed by atoms with E-state index in [1.165, 1.54) is 0 Å². The molecule has 0 aliphatic heterocycles. The second-order valence-corrected chi connectivity index (χ2v) is 7.61. The summed E-state index contributed by atoms with van der Waals surface area (Å²) in [6, 6.07) is 36.6. The van der Waals surface area contributed by atoms with E-state index in [0.29, 0.717) is 5.82 Å². The van der Waals surface area contributed by atoms with Crippen molar-refractivity contribution in [3.8, 4) is 22.5 Å². The van der Waals surface area contributed by atoms with Crippen LogP contribution in [0.3, 0.4) is 0 Å². The predicted molar refractivity (Wildman–Crippen MR) is 130 cm³/mol. The molecule has 2 aromatic heterocycles. The highest BCUT2D eigenvalue weighted by Crippen LogP contribution is 2.35. The van der Waals surface area contributed by atoms with Crippen LogP contribution in [0, 0.1) is 6.92 Å². The molecule has 0 saturated heterocycles. The second-order valence-electron chi connectivity index (χ2n) is 7.61. The smallest absolute Gasteiger partial charge is 0.161 e. The average Bonchev–Trinajstić information content (AvgIpc) is 3.30. The molecule has 3 nitrogen and oxygen atoms in total. The Morgan fingerprint density at radius 2 is 1.34 bits per heavy atom. The van der Waals surface area contributed by atoms with Gasteiger partial charge in [0.2, 0.25) is 0 Å². The van der Waals surface area contributed by atoms with Gasteiger partial charge in [-0.2, -0.15) is 0 Å². The quantitative estimate of drug-likeness (QED) is 0.280. The van der Waals surface area contributed by atoms with Crippen LogP contribution in [0.5, 0.6) is 0 Å². The van der Waals surface area contributed by atoms with Crippen molar-refractivity contribution in [3.05, 3.63) is 132 Å². The number of pyridine rings is 1. The second kappa shape index (κ2) is 8.86. The SMILES string of the molecule is Cc1ccc(N=C(c2ccccc2)c2oc(-c3ccccc3)cc2-c2ccccc2)nc1. The van der Waals surface area contributed by atoms with Gasteiger partial charge in [0.1, 0.15) is 11.5 Å². The first-order chi connectivity index (χ1) is 15.8. The summed E-state index contributed by atoms with van der Waals surface area (Å²) in [6.07, 6.45) is 1.83. The minimum Gasteiger partial charge on any atom is -0.454 e. The monoisotopic (exact) mass is 414 g/mol. The minimum atomic E-state index is 0.645. The normalized spacial score (nSPS) is 11.5. The summed E-state index contributed by atoms with van der Waals surface area (Å²) in [5, 5.41) is 0. The van der Waals surface area contributed by atoms with Crippen molar-refractivity contribution in [1.29, 1.82) is 0 Å². The van der Waals surface area contributed by atoms with Gasteiger partial charge in [0, 0.05) is 22.9 Å². The van der Waals surface area contributed by atoms with Gasteiger partial charge < -0.3 is 4.42 Å². The van der Waals surface area contributed by atoms with Crippen molar-refractivity contribution in [3.63, 3.8) is 0 Å². The zero-order valence-electron chi connectivity index (χ0n) is 17.8. The predicted octanol–water partition coefficient (Wildman–Crippen LogP) is 7.49. The first kappa shape index (κ1) is 19.7. The van der Waals surface area contributed by atoms with Gasteiger partial charge in [-0.3, -0.25) is 0 Å². The van der Waals surface area contributed by atoms with E-state index in [9.17, 15) is 0 Å². The van der Waals surface area contributed by atoms with Crippen molar-refractivity contribution in [2.75, 3.05) is 0 Å². The van der Waals surface area contributed by atoms with Crippen molar-refractivity contribution < 1.29 is 4.42 Å². The Labute approximate surface area is 187 Å². The number of aliphatic imine (C=N–C) groups is 1. The van der Waals surface area contributed by atoms with Crippen LogP contribution in [0.15, 0.2) is 125 Å². The number of nitrogens with zero attached hydrogens (tertiary/aromatic N) is 2.